The third-order valence-electron chi connectivity index (χ3n) is 2.25. The molecule has 0 amide bonds. The lowest BCUT2D eigenvalue weighted by Crippen LogP contribution is -2.08. The second kappa shape index (κ2) is 3.46. The monoisotopic (exact) mass is 210 g/mol. The highest BCUT2D eigenvalue weighted by molar-refractivity contribution is 6.29. The van der Waals surface area contributed by atoms with E-state index in [2.05, 4.69) is 10.1 Å². The van der Waals surface area contributed by atoms with Crippen LogP contribution in [0.25, 0.3) is 0 Å². The van der Waals surface area contributed by atoms with Crippen molar-refractivity contribution in [1.82, 2.24) is 19.3 Å². The van der Waals surface area contributed by atoms with Crippen LogP contribution in [0.1, 0.15) is 11.5 Å². The molecule has 0 aromatic carbocycles. The maximum Gasteiger partial charge on any atom is 0.131 e. The fourth-order valence-electron chi connectivity index (χ4n) is 1.27. The van der Waals surface area contributed by atoms with Crippen LogP contribution in [-0.4, -0.2) is 19.3 Å². The fraction of sp³-hybridized carbons (Fsp3) is 0.333. The standard InChI is InChI=1S/C9H11ClN4/c1-7-3-4-12-14(7)6-9-11-5-8(10)13(9)2/h3-5H,6H2,1-2H3. The minimum Gasteiger partial charge on any atom is -0.321 e. The molecule has 0 N–H and O–H groups in total. The summed E-state index contributed by atoms with van der Waals surface area (Å²) < 4.78 is 3.74. The number of aromatic nitrogens is 4. The van der Waals surface area contributed by atoms with Crippen molar-refractivity contribution in [2.75, 3.05) is 0 Å². The number of imidazole rings is 1. The molecule has 0 saturated heterocycles. The summed E-state index contributed by atoms with van der Waals surface area (Å²) in [5.41, 5.74) is 1.11. The Kier molecular flexibility index (Phi) is 2.29. The van der Waals surface area contributed by atoms with Crippen LogP contribution >= 0.6 is 11.6 Å². The van der Waals surface area contributed by atoms with Crippen molar-refractivity contribution in [1.29, 1.82) is 0 Å². The van der Waals surface area contributed by atoms with Gasteiger partial charge < -0.3 is 4.57 Å². The predicted molar refractivity (Wildman–Crippen MR) is 54.3 cm³/mol. The van der Waals surface area contributed by atoms with Crippen molar-refractivity contribution in [3.05, 3.63) is 35.1 Å². The molecule has 0 unspecified atom stereocenters. The molecule has 0 fully saturated rings. The molecule has 2 heterocycles. The minimum absolute atomic E-state index is 0.643. The molecule has 0 aliphatic heterocycles. The highest BCUT2D eigenvalue weighted by Gasteiger charge is 2.06. The largest absolute Gasteiger partial charge is 0.321 e. The van der Waals surface area contributed by atoms with E-state index in [1.807, 2.05) is 29.3 Å². The third-order valence-corrected chi connectivity index (χ3v) is 2.60. The zero-order valence-electron chi connectivity index (χ0n) is 8.11. The SMILES string of the molecule is Cc1ccnn1Cc1ncc(Cl)n1C. The van der Waals surface area contributed by atoms with Crippen molar-refractivity contribution in [3.8, 4) is 0 Å². The molecule has 0 saturated carbocycles. The second-order valence-electron chi connectivity index (χ2n) is 3.19. The van der Waals surface area contributed by atoms with Crippen LogP contribution in [0.5, 0.6) is 0 Å². The van der Waals surface area contributed by atoms with E-state index in [0.29, 0.717) is 11.7 Å². The summed E-state index contributed by atoms with van der Waals surface area (Å²) in [6.45, 7) is 2.67. The third kappa shape index (κ3) is 1.53. The van der Waals surface area contributed by atoms with Gasteiger partial charge in [-0.05, 0) is 13.0 Å². The van der Waals surface area contributed by atoms with Gasteiger partial charge in [-0.15, -0.1) is 0 Å². The molecule has 2 aromatic heterocycles. The summed E-state index contributed by atoms with van der Waals surface area (Å²) in [5, 5.41) is 4.83. The average Bonchev–Trinajstić information content (AvgIpc) is 2.68. The van der Waals surface area contributed by atoms with E-state index in [-0.39, 0.29) is 0 Å². The summed E-state index contributed by atoms with van der Waals surface area (Å²) >= 11 is 5.88. The van der Waals surface area contributed by atoms with Crippen LogP contribution in [0.3, 0.4) is 0 Å². The van der Waals surface area contributed by atoms with Gasteiger partial charge in [-0.3, -0.25) is 4.68 Å². The Labute approximate surface area is 87.1 Å². The van der Waals surface area contributed by atoms with Gasteiger partial charge in [0.2, 0.25) is 0 Å². The first-order valence-corrected chi connectivity index (χ1v) is 4.71. The van der Waals surface area contributed by atoms with Crippen molar-refractivity contribution < 1.29 is 0 Å². The van der Waals surface area contributed by atoms with E-state index in [4.69, 9.17) is 11.6 Å². The molecule has 4 nitrogen and oxygen atoms in total. The van der Waals surface area contributed by atoms with Gasteiger partial charge in [-0.25, -0.2) is 4.98 Å². The van der Waals surface area contributed by atoms with Crippen molar-refractivity contribution in [2.45, 2.75) is 13.5 Å². The number of rotatable bonds is 2. The molecule has 0 atom stereocenters. The molecule has 2 aromatic rings. The first-order chi connectivity index (χ1) is 6.68. The number of aryl methyl sites for hydroxylation is 1. The maximum atomic E-state index is 5.88. The highest BCUT2D eigenvalue weighted by atomic mass is 35.5. The Bertz CT molecular complexity index is 443. The molecule has 0 aliphatic carbocycles. The Hall–Kier alpha value is -1.29. The smallest absolute Gasteiger partial charge is 0.131 e. The van der Waals surface area contributed by atoms with E-state index < -0.39 is 0 Å². The fourth-order valence-corrected chi connectivity index (χ4v) is 1.42. The predicted octanol–water partition coefficient (Wildman–Crippen LogP) is 1.63. The summed E-state index contributed by atoms with van der Waals surface area (Å²) in [4.78, 5) is 4.20. The van der Waals surface area contributed by atoms with Crippen LogP contribution in [-0.2, 0) is 13.6 Å². The van der Waals surface area contributed by atoms with Crippen molar-refractivity contribution in [3.63, 3.8) is 0 Å². The van der Waals surface area contributed by atoms with Gasteiger partial charge in [-0.2, -0.15) is 5.10 Å². The van der Waals surface area contributed by atoms with Gasteiger partial charge >= 0.3 is 0 Å². The Morgan fingerprint density at radius 2 is 2.29 bits per heavy atom. The highest BCUT2D eigenvalue weighted by Crippen LogP contribution is 2.10. The topological polar surface area (TPSA) is 35.6 Å². The van der Waals surface area contributed by atoms with Crippen LogP contribution in [0, 0.1) is 6.92 Å². The van der Waals surface area contributed by atoms with E-state index in [0.717, 1.165) is 11.5 Å². The molecule has 74 valence electrons. The van der Waals surface area contributed by atoms with Crippen LogP contribution in [0.15, 0.2) is 18.5 Å². The molecular weight excluding hydrogens is 200 g/mol. The van der Waals surface area contributed by atoms with Crippen LogP contribution < -0.4 is 0 Å². The Morgan fingerprint density at radius 3 is 2.79 bits per heavy atom. The molecule has 0 bridgehead atoms. The number of halogens is 1. The summed E-state index contributed by atoms with van der Waals surface area (Å²) in [5.74, 6) is 0.904. The van der Waals surface area contributed by atoms with E-state index in [9.17, 15) is 0 Å². The Balaban J connectivity index is 2.27. The number of nitrogens with zero attached hydrogens (tertiary/aromatic N) is 4. The maximum absolute atomic E-state index is 5.88. The number of hydrogen-bond acceptors (Lipinski definition) is 2. The summed E-state index contributed by atoms with van der Waals surface area (Å²) in [6.07, 6.45) is 3.43. The van der Waals surface area contributed by atoms with E-state index in [1.54, 1.807) is 12.4 Å². The van der Waals surface area contributed by atoms with Crippen LogP contribution in [0.4, 0.5) is 0 Å². The first-order valence-electron chi connectivity index (χ1n) is 4.33. The van der Waals surface area contributed by atoms with E-state index in [1.165, 1.54) is 0 Å². The van der Waals surface area contributed by atoms with Crippen LogP contribution in [0.2, 0.25) is 5.15 Å². The summed E-state index contributed by atoms with van der Waals surface area (Å²) in [7, 11) is 1.89. The number of hydrogen-bond donors (Lipinski definition) is 0. The van der Waals surface area contributed by atoms with Crippen molar-refractivity contribution >= 4 is 11.6 Å². The molecule has 0 spiro atoms. The second-order valence-corrected chi connectivity index (χ2v) is 3.57. The summed E-state index contributed by atoms with van der Waals surface area (Å²) in [6, 6.07) is 1.96. The molecule has 5 heteroatoms. The molecule has 0 radical (unpaired) electrons. The lowest BCUT2D eigenvalue weighted by atomic mass is 10.5. The first kappa shape index (κ1) is 9.27. The quantitative estimate of drug-likeness (QED) is 0.755. The molecule has 0 aliphatic rings. The van der Waals surface area contributed by atoms with Gasteiger partial charge in [0.05, 0.1) is 12.7 Å². The van der Waals surface area contributed by atoms with Gasteiger partial charge in [0.15, 0.2) is 0 Å². The zero-order valence-corrected chi connectivity index (χ0v) is 8.86. The average molecular weight is 211 g/mol. The van der Waals surface area contributed by atoms with Crippen molar-refractivity contribution in [2.24, 2.45) is 7.05 Å². The molecular formula is C9H11ClN4. The normalized spacial score (nSPS) is 10.8. The lowest BCUT2D eigenvalue weighted by Gasteiger charge is -2.04. The molecule has 14 heavy (non-hydrogen) atoms. The zero-order chi connectivity index (χ0) is 10.1. The lowest BCUT2D eigenvalue weighted by molar-refractivity contribution is 0.616. The molecule has 2 rings (SSSR count). The van der Waals surface area contributed by atoms with Gasteiger partial charge in [0.25, 0.3) is 0 Å². The van der Waals surface area contributed by atoms with E-state index >= 15 is 0 Å². The van der Waals surface area contributed by atoms with Gasteiger partial charge in [0.1, 0.15) is 11.0 Å². The van der Waals surface area contributed by atoms with Gasteiger partial charge in [0, 0.05) is 18.9 Å². The minimum atomic E-state index is 0.643. The van der Waals surface area contributed by atoms with Gasteiger partial charge in [-0.1, -0.05) is 11.6 Å². The Morgan fingerprint density at radius 1 is 1.50 bits per heavy atom.